The Morgan fingerprint density at radius 3 is 1.22 bits per heavy atom. The van der Waals surface area contributed by atoms with Crippen molar-refractivity contribution >= 4 is 11.6 Å². The van der Waals surface area contributed by atoms with Crippen molar-refractivity contribution in [2.75, 3.05) is 28.4 Å². The topological polar surface area (TPSA) is 71.1 Å². The standard InChI is InChI=1S/C31H28O6/c1-34-24-13-15-26(30(17-24)36-3)20-5-9-22(10-6-20)28(32)19-29(33)23-11-7-21(8-12-23)27-16-14-25(35-2)18-31(27)37-4/h5-18H,19H2,1-4H3. The Morgan fingerprint density at radius 1 is 0.514 bits per heavy atom. The van der Waals surface area contributed by atoms with E-state index in [4.69, 9.17) is 18.9 Å². The fraction of sp³-hybridized carbons (Fsp3) is 0.161. The molecule has 0 N–H and O–H groups in total. The minimum Gasteiger partial charge on any atom is -0.497 e. The van der Waals surface area contributed by atoms with Crippen molar-refractivity contribution in [1.82, 2.24) is 0 Å². The highest BCUT2D eigenvalue weighted by Crippen LogP contribution is 2.34. The molecule has 0 heterocycles. The Morgan fingerprint density at radius 2 is 0.892 bits per heavy atom. The summed E-state index contributed by atoms with van der Waals surface area (Å²) in [7, 11) is 6.40. The molecule has 0 atom stereocenters. The van der Waals surface area contributed by atoms with Gasteiger partial charge in [-0.25, -0.2) is 0 Å². The minimum atomic E-state index is -0.237. The zero-order chi connectivity index (χ0) is 26.4. The van der Waals surface area contributed by atoms with Gasteiger partial charge >= 0.3 is 0 Å². The van der Waals surface area contributed by atoms with E-state index in [1.807, 2.05) is 60.7 Å². The Hall–Kier alpha value is -4.58. The van der Waals surface area contributed by atoms with Crippen molar-refractivity contribution in [1.29, 1.82) is 0 Å². The predicted molar refractivity (Wildman–Crippen MR) is 143 cm³/mol. The summed E-state index contributed by atoms with van der Waals surface area (Å²) in [6, 6.07) is 25.4. The Labute approximate surface area is 216 Å². The minimum absolute atomic E-state index is 0.212. The molecule has 0 aliphatic rings. The lowest BCUT2D eigenvalue weighted by Crippen LogP contribution is -2.08. The van der Waals surface area contributed by atoms with E-state index in [-0.39, 0.29) is 18.0 Å². The molecule has 188 valence electrons. The van der Waals surface area contributed by atoms with Crippen LogP contribution in [0, 0.1) is 0 Å². The van der Waals surface area contributed by atoms with E-state index in [0.717, 1.165) is 22.3 Å². The Bertz CT molecular complexity index is 1300. The first-order chi connectivity index (χ1) is 18.0. The molecule has 0 radical (unpaired) electrons. The molecule has 0 aromatic heterocycles. The van der Waals surface area contributed by atoms with Gasteiger partial charge in [0.05, 0.1) is 34.9 Å². The summed E-state index contributed by atoms with van der Waals surface area (Å²) in [5, 5.41) is 0. The van der Waals surface area contributed by atoms with Gasteiger partial charge in [-0.3, -0.25) is 9.59 Å². The SMILES string of the molecule is COc1ccc(-c2ccc(C(=O)CC(=O)c3ccc(-c4ccc(OC)cc4OC)cc3)cc2)c(OC)c1. The van der Waals surface area contributed by atoms with Crippen molar-refractivity contribution in [3.63, 3.8) is 0 Å². The van der Waals surface area contributed by atoms with E-state index in [2.05, 4.69) is 0 Å². The summed E-state index contributed by atoms with van der Waals surface area (Å²) < 4.78 is 21.5. The van der Waals surface area contributed by atoms with E-state index < -0.39 is 0 Å². The summed E-state index contributed by atoms with van der Waals surface area (Å²) in [5.41, 5.74) is 4.51. The molecule has 4 aromatic carbocycles. The van der Waals surface area contributed by atoms with Crippen LogP contribution >= 0.6 is 0 Å². The van der Waals surface area contributed by atoms with Gasteiger partial charge in [-0.1, -0.05) is 48.5 Å². The zero-order valence-electron chi connectivity index (χ0n) is 21.2. The van der Waals surface area contributed by atoms with Crippen LogP contribution in [0.4, 0.5) is 0 Å². The molecule has 0 unspecified atom stereocenters. The number of carbonyl (C=O) groups excluding carboxylic acids is 2. The average molecular weight is 497 g/mol. The monoisotopic (exact) mass is 496 g/mol. The van der Waals surface area contributed by atoms with Gasteiger partial charge in [0.15, 0.2) is 11.6 Å². The van der Waals surface area contributed by atoms with Crippen LogP contribution in [0.3, 0.4) is 0 Å². The number of carbonyl (C=O) groups is 2. The molecule has 6 nitrogen and oxygen atoms in total. The highest BCUT2D eigenvalue weighted by molar-refractivity contribution is 6.13. The fourth-order valence-corrected chi connectivity index (χ4v) is 4.10. The number of benzene rings is 4. The van der Waals surface area contributed by atoms with Crippen molar-refractivity contribution in [3.8, 4) is 45.3 Å². The summed E-state index contributed by atoms with van der Waals surface area (Å²) in [6.45, 7) is 0. The second-order valence-corrected chi connectivity index (χ2v) is 8.31. The van der Waals surface area contributed by atoms with Gasteiger partial charge in [-0.15, -0.1) is 0 Å². The van der Waals surface area contributed by atoms with E-state index in [9.17, 15) is 9.59 Å². The van der Waals surface area contributed by atoms with E-state index in [0.29, 0.717) is 34.1 Å². The van der Waals surface area contributed by atoms with Crippen LogP contribution in [-0.4, -0.2) is 40.0 Å². The first kappa shape index (κ1) is 25.5. The van der Waals surface area contributed by atoms with Crippen LogP contribution in [0.15, 0.2) is 84.9 Å². The van der Waals surface area contributed by atoms with Gasteiger partial charge in [-0.05, 0) is 35.4 Å². The Balaban J connectivity index is 1.46. The molecular formula is C31H28O6. The number of hydrogen-bond donors (Lipinski definition) is 0. The lowest BCUT2D eigenvalue weighted by Gasteiger charge is -2.11. The average Bonchev–Trinajstić information content (AvgIpc) is 2.96. The summed E-state index contributed by atoms with van der Waals surface area (Å²) in [4.78, 5) is 25.6. The third-order valence-corrected chi connectivity index (χ3v) is 6.17. The second kappa shape index (κ2) is 11.4. The van der Waals surface area contributed by atoms with Gasteiger partial charge in [0.25, 0.3) is 0 Å². The van der Waals surface area contributed by atoms with Gasteiger partial charge in [0, 0.05) is 34.4 Å². The normalized spacial score (nSPS) is 10.5. The molecule has 0 spiro atoms. The Kier molecular flexibility index (Phi) is 7.89. The number of ketones is 2. The molecule has 37 heavy (non-hydrogen) atoms. The van der Waals surface area contributed by atoms with Gasteiger partial charge < -0.3 is 18.9 Å². The van der Waals surface area contributed by atoms with E-state index in [1.165, 1.54) is 0 Å². The highest BCUT2D eigenvalue weighted by Gasteiger charge is 2.16. The molecule has 0 aliphatic carbocycles. The number of Topliss-reactive ketones (excluding diaryl/α,β-unsaturated/α-hetero) is 2. The van der Waals surface area contributed by atoms with Gasteiger partial charge in [-0.2, -0.15) is 0 Å². The first-order valence-electron chi connectivity index (χ1n) is 11.7. The largest absolute Gasteiger partial charge is 0.497 e. The molecule has 0 fully saturated rings. The smallest absolute Gasteiger partial charge is 0.170 e. The fourth-order valence-electron chi connectivity index (χ4n) is 4.10. The van der Waals surface area contributed by atoms with E-state index in [1.54, 1.807) is 52.7 Å². The lowest BCUT2D eigenvalue weighted by molar-refractivity contribution is 0.0894. The molecule has 0 saturated heterocycles. The van der Waals surface area contributed by atoms with Crippen LogP contribution in [0.1, 0.15) is 27.1 Å². The maximum atomic E-state index is 12.8. The molecule has 6 heteroatoms. The lowest BCUT2D eigenvalue weighted by atomic mass is 9.97. The number of hydrogen-bond acceptors (Lipinski definition) is 6. The van der Waals surface area contributed by atoms with Crippen LogP contribution < -0.4 is 18.9 Å². The van der Waals surface area contributed by atoms with Crippen molar-refractivity contribution < 1.29 is 28.5 Å². The molecule has 4 rings (SSSR count). The molecule has 0 saturated carbocycles. The van der Waals surface area contributed by atoms with Crippen LogP contribution in [0.2, 0.25) is 0 Å². The van der Waals surface area contributed by atoms with E-state index >= 15 is 0 Å². The molecular weight excluding hydrogens is 468 g/mol. The number of ether oxygens (including phenoxy) is 4. The number of rotatable bonds is 10. The third-order valence-electron chi connectivity index (χ3n) is 6.17. The van der Waals surface area contributed by atoms with Crippen LogP contribution in [-0.2, 0) is 0 Å². The summed E-state index contributed by atoms with van der Waals surface area (Å²) in [5.74, 6) is 2.26. The predicted octanol–water partition coefficient (Wildman–Crippen LogP) is 6.51. The molecule has 0 aliphatic heterocycles. The van der Waals surface area contributed by atoms with Gasteiger partial charge in [0.2, 0.25) is 0 Å². The van der Waals surface area contributed by atoms with Crippen molar-refractivity contribution in [3.05, 3.63) is 96.1 Å². The molecule has 0 bridgehead atoms. The molecule has 4 aromatic rings. The summed E-state index contributed by atoms with van der Waals surface area (Å²) >= 11 is 0. The quantitative estimate of drug-likeness (QED) is 0.184. The van der Waals surface area contributed by atoms with Crippen molar-refractivity contribution in [2.45, 2.75) is 6.42 Å². The molecule has 0 amide bonds. The van der Waals surface area contributed by atoms with Crippen LogP contribution in [0.5, 0.6) is 23.0 Å². The first-order valence-corrected chi connectivity index (χ1v) is 11.7. The maximum absolute atomic E-state index is 12.8. The third kappa shape index (κ3) is 5.64. The second-order valence-electron chi connectivity index (χ2n) is 8.31. The van der Waals surface area contributed by atoms with Crippen molar-refractivity contribution in [2.24, 2.45) is 0 Å². The maximum Gasteiger partial charge on any atom is 0.170 e. The summed E-state index contributed by atoms with van der Waals surface area (Å²) in [6.07, 6.45) is -0.212. The zero-order valence-corrected chi connectivity index (χ0v) is 21.2. The number of methoxy groups -OCH3 is 4. The highest BCUT2D eigenvalue weighted by atomic mass is 16.5. The van der Waals surface area contributed by atoms with Crippen LogP contribution in [0.25, 0.3) is 22.3 Å². The van der Waals surface area contributed by atoms with Gasteiger partial charge in [0.1, 0.15) is 23.0 Å².